The molecule has 1 aliphatic carbocycles. The fraction of sp³-hybridized carbons (Fsp3) is 0.643. The fourth-order valence-corrected chi connectivity index (χ4v) is 4.62. The predicted molar refractivity (Wildman–Crippen MR) is 130 cm³/mol. The van der Waals surface area contributed by atoms with Crippen LogP contribution in [0.1, 0.15) is 96.5 Å². The summed E-state index contributed by atoms with van der Waals surface area (Å²) < 4.78 is 5.97. The molecule has 1 heterocycles. The summed E-state index contributed by atoms with van der Waals surface area (Å²) in [6.07, 6.45) is 21.1. The minimum Gasteiger partial charge on any atom is -0.494 e. The Balaban J connectivity index is 1.35. The van der Waals surface area contributed by atoms with Crippen molar-refractivity contribution >= 4 is 0 Å². The summed E-state index contributed by atoms with van der Waals surface area (Å²) in [5.74, 6) is 3.60. The van der Waals surface area contributed by atoms with Crippen LogP contribution in [-0.2, 0) is 6.42 Å². The van der Waals surface area contributed by atoms with Gasteiger partial charge in [-0.2, -0.15) is 0 Å². The van der Waals surface area contributed by atoms with Crippen LogP contribution in [0.25, 0.3) is 11.4 Å². The van der Waals surface area contributed by atoms with Crippen molar-refractivity contribution in [3.8, 4) is 17.1 Å². The highest BCUT2D eigenvalue weighted by atomic mass is 16.5. The molecular weight excluding hydrogens is 380 g/mol. The van der Waals surface area contributed by atoms with E-state index >= 15 is 0 Å². The number of aryl methyl sites for hydroxylation is 1. The number of aromatic nitrogens is 2. The van der Waals surface area contributed by atoms with Crippen LogP contribution >= 0.6 is 0 Å². The van der Waals surface area contributed by atoms with Gasteiger partial charge in [-0.15, -0.1) is 0 Å². The van der Waals surface area contributed by atoms with Gasteiger partial charge >= 0.3 is 0 Å². The molecule has 1 aromatic carbocycles. The molecule has 0 saturated heterocycles. The molecule has 1 aromatic heterocycles. The molecule has 0 radical (unpaired) electrons. The lowest BCUT2D eigenvalue weighted by Crippen LogP contribution is -2.13. The smallest absolute Gasteiger partial charge is 0.159 e. The normalized spacial score (nSPS) is 18.8. The third kappa shape index (κ3) is 8.63. The number of hydrogen-bond acceptors (Lipinski definition) is 3. The van der Waals surface area contributed by atoms with E-state index in [1.165, 1.54) is 76.2 Å². The Labute approximate surface area is 190 Å². The van der Waals surface area contributed by atoms with E-state index in [4.69, 9.17) is 4.74 Å². The van der Waals surface area contributed by atoms with Crippen molar-refractivity contribution in [3.05, 3.63) is 42.2 Å². The van der Waals surface area contributed by atoms with Crippen molar-refractivity contribution in [2.75, 3.05) is 6.61 Å². The van der Waals surface area contributed by atoms with E-state index in [1.807, 2.05) is 24.5 Å². The number of rotatable bonds is 13. The Bertz CT molecular complexity index is 718. The van der Waals surface area contributed by atoms with Crippen molar-refractivity contribution in [2.45, 2.75) is 97.3 Å². The first kappa shape index (κ1) is 23.8. The molecule has 0 amide bonds. The monoisotopic (exact) mass is 422 g/mol. The molecule has 0 bridgehead atoms. The molecule has 3 nitrogen and oxygen atoms in total. The summed E-state index contributed by atoms with van der Waals surface area (Å²) in [5, 5.41) is 0. The van der Waals surface area contributed by atoms with Crippen molar-refractivity contribution in [2.24, 2.45) is 11.8 Å². The molecule has 1 aliphatic rings. The molecule has 0 atom stereocenters. The van der Waals surface area contributed by atoms with Gasteiger partial charge < -0.3 is 4.74 Å². The van der Waals surface area contributed by atoms with Gasteiger partial charge in [-0.25, -0.2) is 9.97 Å². The second kappa shape index (κ2) is 13.5. The van der Waals surface area contributed by atoms with Crippen LogP contribution in [0.4, 0.5) is 0 Å². The zero-order chi connectivity index (χ0) is 21.7. The number of benzene rings is 1. The molecule has 31 heavy (non-hydrogen) atoms. The second-order valence-electron chi connectivity index (χ2n) is 9.57. The SMILES string of the molecule is CCCCCCCCc1cnc(-c2ccc(OCCC[C@H]3CC[C@H](C)CC3)cc2)nc1. The molecule has 1 saturated carbocycles. The number of nitrogens with zero attached hydrogens (tertiary/aromatic N) is 2. The fourth-order valence-electron chi connectivity index (χ4n) is 4.62. The van der Waals surface area contributed by atoms with Gasteiger partial charge in [-0.05, 0) is 67.3 Å². The van der Waals surface area contributed by atoms with Gasteiger partial charge in [-0.1, -0.05) is 71.6 Å². The number of ether oxygens (including phenoxy) is 1. The number of unbranched alkanes of at least 4 members (excludes halogenated alkanes) is 5. The highest BCUT2D eigenvalue weighted by Crippen LogP contribution is 2.31. The first-order valence-electron chi connectivity index (χ1n) is 12.8. The largest absolute Gasteiger partial charge is 0.494 e. The molecule has 0 aliphatic heterocycles. The Morgan fingerprint density at radius 1 is 0.839 bits per heavy atom. The zero-order valence-corrected chi connectivity index (χ0v) is 19.8. The highest BCUT2D eigenvalue weighted by Gasteiger charge is 2.17. The van der Waals surface area contributed by atoms with Crippen LogP contribution in [-0.4, -0.2) is 16.6 Å². The van der Waals surface area contributed by atoms with E-state index in [2.05, 4.69) is 35.9 Å². The van der Waals surface area contributed by atoms with Crippen LogP contribution in [0, 0.1) is 11.8 Å². The van der Waals surface area contributed by atoms with E-state index < -0.39 is 0 Å². The molecule has 0 N–H and O–H groups in total. The molecule has 2 aromatic rings. The van der Waals surface area contributed by atoms with Crippen LogP contribution < -0.4 is 4.74 Å². The maximum atomic E-state index is 5.97. The minimum absolute atomic E-state index is 0.796. The van der Waals surface area contributed by atoms with Crippen molar-refractivity contribution in [3.63, 3.8) is 0 Å². The summed E-state index contributed by atoms with van der Waals surface area (Å²) in [6.45, 7) is 5.46. The van der Waals surface area contributed by atoms with Gasteiger partial charge in [0.2, 0.25) is 0 Å². The van der Waals surface area contributed by atoms with Gasteiger partial charge in [-0.3, -0.25) is 0 Å². The third-order valence-corrected chi connectivity index (χ3v) is 6.80. The Hall–Kier alpha value is -1.90. The summed E-state index contributed by atoms with van der Waals surface area (Å²) in [4.78, 5) is 9.17. The average Bonchev–Trinajstić information content (AvgIpc) is 2.81. The molecule has 1 fully saturated rings. The minimum atomic E-state index is 0.796. The zero-order valence-electron chi connectivity index (χ0n) is 19.8. The summed E-state index contributed by atoms with van der Waals surface area (Å²) >= 11 is 0. The maximum Gasteiger partial charge on any atom is 0.159 e. The van der Waals surface area contributed by atoms with Gasteiger partial charge in [0.15, 0.2) is 5.82 Å². The number of hydrogen-bond donors (Lipinski definition) is 0. The Kier molecular flexibility index (Phi) is 10.3. The molecular formula is C28H42N2O. The standard InChI is InChI=1S/C28H42N2O/c1-3-4-5-6-7-8-10-25-21-29-28(30-22-25)26-16-18-27(19-17-26)31-20-9-11-24-14-12-23(2)13-15-24/h16-19,21-24H,3-15,20H2,1-2H3/t23-,24-. The van der Waals surface area contributed by atoms with E-state index in [-0.39, 0.29) is 0 Å². The van der Waals surface area contributed by atoms with Crippen molar-refractivity contribution in [1.82, 2.24) is 9.97 Å². The predicted octanol–water partition coefficient (Wildman–Crippen LogP) is 8.03. The summed E-state index contributed by atoms with van der Waals surface area (Å²) in [7, 11) is 0. The molecule has 0 spiro atoms. The first-order valence-corrected chi connectivity index (χ1v) is 12.8. The van der Waals surface area contributed by atoms with Gasteiger partial charge in [0.1, 0.15) is 5.75 Å². The topological polar surface area (TPSA) is 35.0 Å². The molecule has 170 valence electrons. The lowest BCUT2D eigenvalue weighted by molar-refractivity contribution is 0.245. The second-order valence-corrected chi connectivity index (χ2v) is 9.57. The van der Waals surface area contributed by atoms with Gasteiger partial charge in [0, 0.05) is 18.0 Å². The Morgan fingerprint density at radius 2 is 1.52 bits per heavy atom. The third-order valence-electron chi connectivity index (χ3n) is 6.80. The molecule has 3 rings (SSSR count). The van der Waals surface area contributed by atoms with Gasteiger partial charge in [0.25, 0.3) is 0 Å². The Morgan fingerprint density at radius 3 is 2.23 bits per heavy atom. The molecule has 0 unspecified atom stereocenters. The lowest BCUT2D eigenvalue weighted by atomic mass is 9.81. The van der Waals surface area contributed by atoms with E-state index in [0.717, 1.165) is 48.4 Å². The van der Waals surface area contributed by atoms with Crippen molar-refractivity contribution < 1.29 is 4.74 Å². The van der Waals surface area contributed by atoms with E-state index in [9.17, 15) is 0 Å². The van der Waals surface area contributed by atoms with E-state index in [0.29, 0.717) is 0 Å². The quantitative estimate of drug-likeness (QED) is 0.306. The van der Waals surface area contributed by atoms with Crippen LogP contribution in [0.3, 0.4) is 0 Å². The van der Waals surface area contributed by atoms with Crippen LogP contribution in [0.5, 0.6) is 5.75 Å². The summed E-state index contributed by atoms with van der Waals surface area (Å²) in [6, 6.07) is 8.23. The highest BCUT2D eigenvalue weighted by molar-refractivity contribution is 5.55. The summed E-state index contributed by atoms with van der Waals surface area (Å²) in [5.41, 5.74) is 2.29. The van der Waals surface area contributed by atoms with E-state index in [1.54, 1.807) is 0 Å². The molecule has 3 heteroatoms. The van der Waals surface area contributed by atoms with Gasteiger partial charge in [0.05, 0.1) is 6.61 Å². The van der Waals surface area contributed by atoms with Crippen LogP contribution in [0.15, 0.2) is 36.7 Å². The maximum absolute atomic E-state index is 5.97. The first-order chi connectivity index (χ1) is 15.2. The van der Waals surface area contributed by atoms with Crippen molar-refractivity contribution in [1.29, 1.82) is 0 Å². The van der Waals surface area contributed by atoms with Crippen LogP contribution in [0.2, 0.25) is 0 Å². The average molecular weight is 423 g/mol. The lowest BCUT2D eigenvalue weighted by Gasteiger charge is -2.25.